The number of benzene rings is 1. The van der Waals surface area contributed by atoms with Crippen LogP contribution >= 0.6 is 11.6 Å². The Hall–Kier alpha value is -2.99. The van der Waals surface area contributed by atoms with E-state index < -0.39 is 0 Å². The third kappa shape index (κ3) is 3.43. The van der Waals surface area contributed by atoms with E-state index >= 15 is 0 Å². The zero-order chi connectivity index (χ0) is 19.8. The van der Waals surface area contributed by atoms with Gasteiger partial charge in [-0.3, -0.25) is 4.68 Å². The predicted molar refractivity (Wildman–Crippen MR) is 110 cm³/mol. The van der Waals surface area contributed by atoms with Gasteiger partial charge in [0.1, 0.15) is 6.33 Å². The molecular formula is C21H21ClN6. The second-order valence-electron chi connectivity index (χ2n) is 6.93. The topological polar surface area (TPSA) is 61.4 Å². The van der Waals surface area contributed by atoms with Crippen molar-refractivity contribution < 1.29 is 0 Å². The Morgan fingerprint density at radius 1 is 0.964 bits per heavy atom. The molecule has 142 valence electrons. The molecule has 0 aliphatic rings. The third-order valence-corrected chi connectivity index (χ3v) is 5.04. The summed E-state index contributed by atoms with van der Waals surface area (Å²) in [6.45, 7) is 6.08. The molecule has 3 aromatic heterocycles. The zero-order valence-electron chi connectivity index (χ0n) is 16.3. The lowest BCUT2D eigenvalue weighted by Gasteiger charge is -2.05. The number of aryl methyl sites for hydroxylation is 3. The highest BCUT2D eigenvalue weighted by Gasteiger charge is 2.16. The van der Waals surface area contributed by atoms with Crippen LogP contribution in [0.4, 0.5) is 0 Å². The summed E-state index contributed by atoms with van der Waals surface area (Å²) < 4.78 is 3.75. The highest BCUT2D eigenvalue weighted by molar-refractivity contribution is 6.30. The van der Waals surface area contributed by atoms with Crippen molar-refractivity contribution >= 4 is 11.6 Å². The highest BCUT2D eigenvalue weighted by atomic mass is 35.5. The molecule has 0 atom stereocenters. The summed E-state index contributed by atoms with van der Waals surface area (Å²) in [5.74, 6) is 0.766. The lowest BCUT2D eigenvalue weighted by Crippen LogP contribution is -2.05. The van der Waals surface area contributed by atoms with Crippen LogP contribution in [0.1, 0.15) is 28.3 Å². The molecule has 6 nitrogen and oxygen atoms in total. The van der Waals surface area contributed by atoms with Crippen LogP contribution in [0.15, 0.2) is 42.7 Å². The van der Waals surface area contributed by atoms with Gasteiger partial charge in [0.2, 0.25) is 0 Å². The van der Waals surface area contributed by atoms with Crippen molar-refractivity contribution in [2.75, 3.05) is 0 Å². The smallest absolute Gasteiger partial charge is 0.157 e. The molecule has 4 aromatic rings. The average Bonchev–Trinajstić information content (AvgIpc) is 3.14. The second kappa shape index (κ2) is 7.20. The van der Waals surface area contributed by atoms with Gasteiger partial charge in [-0.2, -0.15) is 10.2 Å². The number of hydrogen-bond donors (Lipinski definition) is 0. The van der Waals surface area contributed by atoms with Crippen LogP contribution in [0.25, 0.3) is 17.1 Å². The van der Waals surface area contributed by atoms with Crippen LogP contribution < -0.4 is 0 Å². The van der Waals surface area contributed by atoms with Gasteiger partial charge in [0.05, 0.1) is 22.8 Å². The third-order valence-electron chi connectivity index (χ3n) is 4.78. The highest BCUT2D eigenvalue weighted by Crippen LogP contribution is 2.27. The van der Waals surface area contributed by atoms with E-state index in [1.165, 1.54) is 0 Å². The van der Waals surface area contributed by atoms with Gasteiger partial charge in [-0.15, -0.1) is 0 Å². The number of aromatic nitrogens is 6. The Labute approximate surface area is 168 Å². The van der Waals surface area contributed by atoms with Crippen molar-refractivity contribution in [2.24, 2.45) is 7.05 Å². The molecule has 0 spiro atoms. The van der Waals surface area contributed by atoms with Crippen molar-refractivity contribution in [1.29, 1.82) is 0 Å². The summed E-state index contributed by atoms with van der Waals surface area (Å²) in [6, 6.07) is 11.8. The minimum atomic E-state index is 0.627. The van der Waals surface area contributed by atoms with Crippen LogP contribution in [0.3, 0.4) is 0 Å². The largest absolute Gasteiger partial charge is 0.267 e. The lowest BCUT2D eigenvalue weighted by atomic mass is 10.0. The Morgan fingerprint density at radius 2 is 1.71 bits per heavy atom. The van der Waals surface area contributed by atoms with Crippen LogP contribution in [0.2, 0.25) is 5.02 Å². The molecule has 4 rings (SSSR count). The molecule has 3 heterocycles. The van der Waals surface area contributed by atoms with E-state index in [1.807, 2.05) is 66.7 Å². The van der Waals surface area contributed by atoms with Gasteiger partial charge >= 0.3 is 0 Å². The van der Waals surface area contributed by atoms with Gasteiger partial charge in [-0.1, -0.05) is 23.7 Å². The van der Waals surface area contributed by atoms with Gasteiger partial charge in [0.25, 0.3) is 0 Å². The van der Waals surface area contributed by atoms with Gasteiger partial charge in [0.15, 0.2) is 5.82 Å². The van der Waals surface area contributed by atoms with Gasteiger partial charge in [-0.05, 0) is 44.5 Å². The molecule has 0 bridgehead atoms. The minimum Gasteiger partial charge on any atom is -0.267 e. The first kappa shape index (κ1) is 18.4. The normalized spacial score (nSPS) is 11.2. The van der Waals surface area contributed by atoms with E-state index in [4.69, 9.17) is 16.7 Å². The van der Waals surface area contributed by atoms with E-state index in [0.29, 0.717) is 6.42 Å². The summed E-state index contributed by atoms with van der Waals surface area (Å²) in [5, 5.41) is 9.96. The monoisotopic (exact) mass is 392 g/mol. The molecule has 0 saturated carbocycles. The molecule has 0 fully saturated rings. The van der Waals surface area contributed by atoms with Crippen LogP contribution in [0, 0.1) is 20.8 Å². The lowest BCUT2D eigenvalue weighted by molar-refractivity contribution is 0.751. The number of hydrogen-bond acceptors (Lipinski definition) is 4. The van der Waals surface area contributed by atoms with Crippen molar-refractivity contribution in [3.05, 3.63) is 76.1 Å². The molecule has 28 heavy (non-hydrogen) atoms. The van der Waals surface area contributed by atoms with Crippen molar-refractivity contribution in [3.63, 3.8) is 0 Å². The Morgan fingerprint density at radius 3 is 2.39 bits per heavy atom. The van der Waals surface area contributed by atoms with E-state index in [9.17, 15) is 0 Å². The van der Waals surface area contributed by atoms with E-state index in [1.54, 1.807) is 6.33 Å². The molecule has 7 heteroatoms. The molecule has 0 aliphatic heterocycles. The first-order valence-corrected chi connectivity index (χ1v) is 9.43. The maximum Gasteiger partial charge on any atom is 0.157 e. The molecular weight excluding hydrogens is 372 g/mol. The molecule has 1 aromatic carbocycles. The van der Waals surface area contributed by atoms with Gasteiger partial charge in [0, 0.05) is 35.8 Å². The summed E-state index contributed by atoms with van der Waals surface area (Å²) >= 11 is 6.03. The number of rotatable bonds is 4. The Balaban J connectivity index is 1.67. The fourth-order valence-corrected chi connectivity index (χ4v) is 3.62. The van der Waals surface area contributed by atoms with Crippen molar-refractivity contribution in [3.8, 4) is 17.1 Å². The van der Waals surface area contributed by atoms with Crippen LogP contribution in [-0.4, -0.2) is 29.5 Å². The maximum atomic E-state index is 6.03. The van der Waals surface area contributed by atoms with Crippen molar-refractivity contribution in [2.45, 2.75) is 27.2 Å². The zero-order valence-corrected chi connectivity index (χ0v) is 17.1. The van der Waals surface area contributed by atoms with E-state index in [0.717, 1.165) is 50.4 Å². The molecule has 0 N–H and O–H groups in total. The molecule has 0 aliphatic carbocycles. The first-order valence-electron chi connectivity index (χ1n) is 9.05. The molecule has 0 unspecified atom stereocenters. The molecule has 0 saturated heterocycles. The standard InChI is InChI=1S/C21H21ClN6/c1-13-9-14(2)28(25-13)20-11-18(23-12-24-20)10-19-15(3)21(27(4)26-19)16-5-7-17(22)8-6-16/h5-9,11-12H,10H2,1-4H3. The SMILES string of the molecule is Cc1cc(C)n(-c2cc(Cc3nn(C)c(-c4ccc(Cl)cc4)c3C)ncn2)n1. The molecule has 0 amide bonds. The first-order chi connectivity index (χ1) is 13.4. The number of nitrogens with zero attached hydrogens (tertiary/aromatic N) is 6. The summed E-state index contributed by atoms with van der Waals surface area (Å²) in [7, 11) is 1.96. The predicted octanol–water partition coefficient (Wildman–Crippen LogP) is 4.23. The Bertz CT molecular complexity index is 1140. The van der Waals surface area contributed by atoms with E-state index in [-0.39, 0.29) is 0 Å². The van der Waals surface area contributed by atoms with Crippen LogP contribution in [-0.2, 0) is 13.5 Å². The summed E-state index contributed by atoms with van der Waals surface area (Å²) in [4.78, 5) is 8.82. The quantitative estimate of drug-likeness (QED) is 0.521. The summed E-state index contributed by atoms with van der Waals surface area (Å²) in [6.07, 6.45) is 2.21. The molecule has 0 radical (unpaired) electrons. The second-order valence-corrected chi connectivity index (χ2v) is 7.37. The Kier molecular flexibility index (Phi) is 4.73. The van der Waals surface area contributed by atoms with E-state index in [2.05, 4.69) is 22.0 Å². The minimum absolute atomic E-state index is 0.627. The number of halogens is 1. The maximum absolute atomic E-state index is 6.03. The van der Waals surface area contributed by atoms with Gasteiger partial charge < -0.3 is 0 Å². The fourth-order valence-electron chi connectivity index (χ4n) is 3.50. The summed E-state index contributed by atoms with van der Waals surface area (Å²) in [5.41, 5.74) is 7.21. The van der Waals surface area contributed by atoms with Crippen molar-refractivity contribution in [1.82, 2.24) is 29.5 Å². The average molecular weight is 393 g/mol. The fraction of sp³-hybridized carbons (Fsp3) is 0.238. The van der Waals surface area contributed by atoms with Crippen LogP contribution in [0.5, 0.6) is 0 Å². The van der Waals surface area contributed by atoms with Gasteiger partial charge in [-0.25, -0.2) is 14.6 Å².